The molecule has 0 aliphatic carbocycles. The van der Waals surface area contributed by atoms with E-state index in [1.54, 1.807) is 7.11 Å². The van der Waals surface area contributed by atoms with Crippen LogP contribution in [0.25, 0.3) is 0 Å². The Morgan fingerprint density at radius 1 is 1.47 bits per heavy atom. The summed E-state index contributed by atoms with van der Waals surface area (Å²) in [6, 6.07) is 6.09. The van der Waals surface area contributed by atoms with Crippen LogP contribution in [0.1, 0.15) is 25.3 Å². The van der Waals surface area contributed by atoms with Crippen molar-refractivity contribution in [2.24, 2.45) is 5.92 Å². The van der Waals surface area contributed by atoms with Gasteiger partial charge in [-0.2, -0.15) is 0 Å². The van der Waals surface area contributed by atoms with Crippen LogP contribution >= 0.6 is 0 Å². The van der Waals surface area contributed by atoms with Gasteiger partial charge < -0.3 is 10.5 Å². The van der Waals surface area contributed by atoms with Crippen molar-refractivity contribution in [2.75, 3.05) is 25.9 Å². The Balaban J connectivity index is 2.00. The summed E-state index contributed by atoms with van der Waals surface area (Å²) >= 11 is 0. The lowest BCUT2D eigenvalue weighted by atomic mass is 10.00. The molecule has 0 spiro atoms. The van der Waals surface area contributed by atoms with E-state index in [9.17, 15) is 0 Å². The lowest BCUT2D eigenvalue weighted by Crippen LogP contribution is -2.33. The molecule has 1 saturated heterocycles. The van der Waals surface area contributed by atoms with E-state index >= 15 is 0 Å². The fourth-order valence-electron chi connectivity index (χ4n) is 2.57. The van der Waals surface area contributed by atoms with E-state index in [1.807, 2.05) is 12.1 Å². The molecule has 1 aromatic rings. The van der Waals surface area contributed by atoms with E-state index < -0.39 is 0 Å². The zero-order valence-corrected chi connectivity index (χ0v) is 10.8. The van der Waals surface area contributed by atoms with Crippen LogP contribution in [0.3, 0.4) is 0 Å². The van der Waals surface area contributed by atoms with Crippen molar-refractivity contribution >= 4 is 5.69 Å². The Kier molecular flexibility index (Phi) is 3.89. The fourth-order valence-corrected chi connectivity index (χ4v) is 2.57. The monoisotopic (exact) mass is 234 g/mol. The second kappa shape index (κ2) is 5.41. The molecule has 1 atom stereocenters. The maximum absolute atomic E-state index is 5.92. The zero-order chi connectivity index (χ0) is 12.3. The number of benzene rings is 1. The standard InChI is InChI=1S/C14H22N2O/c1-11-4-3-7-16(9-11)10-12-5-6-14(17-2)13(15)8-12/h5-6,8,11H,3-4,7,9-10,15H2,1-2H3. The van der Waals surface area contributed by atoms with Crippen LogP contribution in [-0.4, -0.2) is 25.1 Å². The van der Waals surface area contributed by atoms with Crippen molar-refractivity contribution in [3.63, 3.8) is 0 Å². The molecule has 0 radical (unpaired) electrons. The number of anilines is 1. The van der Waals surface area contributed by atoms with E-state index in [0.29, 0.717) is 0 Å². The van der Waals surface area contributed by atoms with Crippen LogP contribution in [0.15, 0.2) is 18.2 Å². The highest BCUT2D eigenvalue weighted by Crippen LogP contribution is 2.24. The van der Waals surface area contributed by atoms with Crippen molar-refractivity contribution in [3.8, 4) is 5.75 Å². The average molecular weight is 234 g/mol. The largest absolute Gasteiger partial charge is 0.495 e. The van der Waals surface area contributed by atoms with Gasteiger partial charge >= 0.3 is 0 Å². The molecule has 2 N–H and O–H groups in total. The van der Waals surface area contributed by atoms with Crippen molar-refractivity contribution < 1.29 is 4.74 Å². The number of likely N-dealkylation sites (tertiary alicyclic amines) is 1. The van der Waals surface area contributed by atoms with E-state index in [4.69, 9.17) is 10.5 Å². The summed E-state index contributed by atoms with van der Waals surface area (Å²) in [5.74, 6) is 1.58. The molecular formula is C14H22N2O. The first-order valence-electron chi connectivity index (χ1n) is 6.34. The molecular weight excluding hydrogens is 212 g/mol. The second-order valence-corrected chi connectivity index (χ2v) is 5.06. The molecule has 0 aromatic heterocycles. The van der Waals surface area contributed by atoms with Crippen molar-refractivity contribution in [1.82, 2.24) is 4.90 Å². The number of nitrogens with zero attached hydrogens (tertiary/aromatic N) is 1. The van der Waals surface area contributed by atoms with Gasteiger partial charge in [-0.15, -0.1) is 0 Å². The lowest BCUT2D eigenvalue weighted by molar-refractivity contribution is 0.176. The molecule has 17 heavy (non-hydrogen) atoms. The molecule has 94 valence electrons. The number of hydrogen-bond donors (Lipinski definition) is 1. The highest BCUT2D eigenvalue weighted by atomic mass is 16.5. The predicted molar refractivity (Wildman–Crippen MR) is 71.1 cm³/mol. The summed E-state index contributed by atoms with van der Waals surface area (Å²) in [5, 5.41) is 0. The van der Waals surface area contributed by atoms with E-state index in [2.05, 4.69) is 17.9 Å². The number of hydrogen-bond acceptors (Lipinski definition) is 3. The third kappa shape index (κ3) is 3.13. The molecule has 1 aromatic carbocycles. The van der Waals surface area contributed by atoms with E-state index in [-0.39, 0.29) is 0 Å². The number of nitrogen functional groups attached to an aromatic ring is 1. The highest BCUT2D eigenvalue weighted by molar-refractivity contribution is 5.54. The lowest BCUT2D eigenvalue weighted by Gasteiger charge is -2.30. The van der Waals surface area contributed by atoms with Gasteiger partial charge in [0.15, 0.2) is 0 Å². The second-order valence-electron chi connectivity index (χ2n) is 5.06. The summed E-state index contributed by atoms with van der Waals surface area (Å²) < 4.78 is 5.17. The summed E-state index contributed by atoms with van der Waals surface area (Å²) in [4.78, 5) is 2.51. The third-order valence-electron chi connectivity index (χ3n) is 3.44. The van der Waals surface area contributed by atoms with Gasteiger partial charge in [-0.1, -0.05) is 13.0 Å². The Bertz CT molecular complexity index is 378. The molecule has 0 saturated carbocycles. The van der Waals surface area contributed by atoms with Gasteiger partial charge in [0.2, 0.25) is 0 Å². The fraction of sp³-hybridized carbons (Fsp3) is 0.571. The molecule has 1 unspecified atom stereocenters. The quantitative estimate of drug-likeness (QED) is 0.817. The summed E-state index contributed by atoms with van der Waals surface area (Å²) in [7, 11) is 1.65. The maximum atomic E-state index is 5.92. The van der Waals surface area contributed by atoms with Crippen LogP contribution in [-0.2, 0) is 6.54 Å². The first-order valence-corrected chi connectivity index (χ1v) is 6.34. The van der Waals surface area contributed by atoms with E-state index in [0.717, 1.165) is 23.9 Å². The van der Waals surface area contributed by atoms with Crippen LogP contribution in [0.2, 0.25) is 0 Å². The summed E-state index contributed by atoms with van der Waals surface area (Å²) in [5.41, 5.74) is 7.93. The highest BCUT2D eigenvalue weighted by Gasteiger charge is 2.16. The smallest absolute Gasteiger partial charge is 0.141 e. The Hall–Kier alpha value is -1.22. The first kappa shape index (κ1) is 12.2. The van der Waals surface area contributed by atoms with Crippen molar-refractivity contribution in [3.05, 3.63) is 23.8 Å². The number of ether oxygens (including phenoxy) is 1. The van der Waals surface area contributed by atoms with Gasteiger partial charge in [-0.3, -0.25) is 4.90 Å². The summed E-state index contributed by atoms with van der Waals surface area (Å²) in [6.45, 7) is 5.73. The molecule has 0 bridgehead atoms. The minimum Gasteiger partial charge on any atom is -0.495 e. The minimum atomic E-state index is 0.732. The number of nitrogens with two attached hydrogens (primary N) is 1. The SMILES string of the molecule is COc1ccc(CN2CCCC(C)C2)cc1N. The normalized spacial score (nSPS) is 21.4. The zero-order valence-electron chi connectivity index (χ0n) is 10.8. The summed E-state index contributed by atoms with van der Waals surface area (Å²) in [6.07, 6.45) is 2.67. The number of piperidine rings is 1. The van der Waals surface area contributed by atoms with Gasteiger partial charge in [0.05, 0.1) is 12.8 Å². The Morgan fingerprint density at radius 2 is 2.29 bits per heavy atom. The van der Waals surface area contributed by atoms with Gasteiger partial charge in [0.1, 0.15) is 5.75 Å². The van der Waals surface area contributed by atoms with Gasteiger partial charge in [0, 0.05) is 13.1 Å². The van der Waals surface area contributed by atoms with Gasteiger partial charge in [-0.25, -0.2) is 0 Å². The van der Waals surface area contributed by atoms with Crippen LogP contribution < -0.4 is 10.5 Å². The van der Waals surface area contributed by atoms with Gasteiger partial charge in [0.25, 0.3) is 0 Å². The van der Waals surface area contributed by atoms with Crippen molar-refractivity contribution in [1.29, 1.82) is 0 Å². The molecule has 1 aliphatic heterocycles. The Morgan fingerprint density at radius 3 is 2.94 bits per heavy atom. The first-order chi connectivity index (χ1) is 8.19. The molecule has 1 fully saturated rings. The molecule has 1 aliphatic rings. The topological polar surface area (TPSA) is 38.5 Å². The van der Waals surface area contributed by atoms with Gasteiger partial charge in [-0.05, 0) is 43.0 Å². The minimum absolute atomic E-state index is 0.732. The third-order valence-corrected chi connectivity index (χ3v) is 3.44. The van der Waals surface area contributed by atoms with Crippen LogP contribution in [0.5, 0.6) is 5.75 Å². The van der Waals surface area contributed by atoms with Crippen LogP contribution in [0, 0.1) is 5.92 Å². The Labute approximate surface area is 104 Å². The maximum Gasteiger partial charge on any atom is 0.141 e. The van der Waals surface area contributed by atoms with Crippen LogP contribution in [0.4, 0.5) is 5.69 Å². The molecule has 0 amide bonds. The molecule has 1 heterocycles. The molecule has 2 rings (SSSR count). The molecule has 3 heteroatoms. The number of methoxy groups -OCH3 is 1. The van der Waals surface area contributed by atoms with Crippen molar-refractivity contribution in [2.45, 2.75) is 26.3 Å². The number of rotatable bonds is 3. The van der Waals surface area contributed by atoms with E-state index in [1.165, 1.54) is 31.5 Å². The predicted octanol–water partition coefficient (Wildman–Crippen LogP) is 2.51. The molecule has 3 nitrogen and oxygen atoms in total. The average Bonchev–Trinajstić information content (AvgIpc) is 2.29.